The summed E-state index contributed by atoms with van der Waals surface area (Å²) in [7, 11) is 0. The van der Waals surface area contributed by atoms with Crippen LogP contribution in [0.15, 0.2) is 30.5 Å². The minimum atomic E-state index is -0.320. The molecule has 0 atom stereocenters. The third-order valence-corrected chi connectivity index (χ3v) is 5.17. The molecule has 1 aliphatic rings. The first-order valence-electron chi connectivity index (χ1n) is 8.51. The van der Waals surface area contributed by atoms with Gasteiger partial charge in [0.1, 0.15) is 22.8 Å². The minimum absolute atomic E-state index is 0.208. The van der Waals surface area contributed by atoms with Crippen LogP contribution in [-0.2, 0) is 0 Å². The van der Waals surface area contributed by atoms with E-state index in [0.717, 1.165) is 31.7 Å². The van der Waals surface area contributed by atoms with Gasteiger partial charge >= 0.3 is 0 Å². The van der Waals surface area contributed by atoms with Crippen molar-refractivity contribution < 1.29 is 4.39 Å². The zero-order valence-electron chi connectivity index (χ0n) is 14.2. The largest absolute Gasteiger partial charge is 0.355 e. The van der Waals surface area contributed by atoms with Crippen molar-refractivity contribution in [3.63, 3.8) is 0 Å². The van der Waals surface area contributed by atoms with Gasteiger partial charge in [0.2, 0.25) is 0 Å². The van der Waals surface area contributed by atoms with E-state index in [4.69, 9.17) is 5.73 Å². The van der Waals surface area contributed by atoms with Gasteiger partial charge in [-0.15, -0.1) is 0 Å². The molecule has 1 saturated heterocycles. The number of nitrogens with one attached hydrogen (secondary N) is 1. The summed E-state index contributed by atoms with van der Waals surface area (Å²) < 4.78 is 14.0. The number of anilines is 1. The molecule has 7 heteroatoms. The molecule has 3 N–H and O–H groups in total. The Bertz CT molecular complexity index is 897. The van der Waals surface area contributed by atoms with E-state index in [1.54, 1.807) is 24.4 Å². The van der Waals surface area contributed by atoms with Crippen molar-refractivity contribution in [2.45, 2.75) is 19.8 Å². The number of fused-ring (bicyclic) bond motifs is 1. The summed E-state index contributed by atoms with van der Waals surface area (Å²) in [5.41, 5.74) is 8.15. The molecule has 0 unspecified atom stereocenters. The van der Waals surface area contributed by atoms with Crippen LogP contribution in [-0.4, -0.2) is 39.8 Å². The molecule has 0 radical (unpaired) electrons. The number of hydrogen-bond donors (Lipinski definition) is 2. The second kappa shape index (κ2) is 6.07. The number of piperidine rings is 1. The average Bonchev–Trinajstić information content (AvgIpc) is 3.06. The van der Waals surface area contributed by atoms with Crippen LogP contribution < -0.4 is 10.6 Å². The summed E-state index contributed by atoms with van der Waals surface area (Å²) in [5, 5.41) is 7.11. The highest BCUT2D eigenvalue weighted by Gasteiger charge is 2.29. The molecule has 4 rings (SSSR count). The smallest absolute Gasteiger partial charge is 0.177 e. The Balaban J connectivity index is 1.64. The standard InChI is InChI=1S/C18H21FN6/c1-18(11-20)6-8-25(9-7-18)14-10-21-16-15(23-24-17(16)22-14)12-4-2-3-5-13(12)19/h2-5,10H,6-9,11,20H2,1H3,(H,22,23,24). The van der Waals surface area contributed by atoms with Gasteiger partial charge in [-0.3, -0.25) is 5.10 Å². The second-order valence-corrected chi connectivity index (χ2v) is 6.98. The first-order valence-corrected chi connectivity index (χ1v) is 8.51. The number of rotatable bonds is 3. The molecule has 0 aliphatic carbocycles. The number of nitrogens with two attached hydrogens (primary N) is 1. The zero-order chi connectivity index (χ0) is 17.4. The van der Waals surface area contributed by atoms with Crippen molar-refractivity contribution >= 4 is 17.0 Å². The summed E-state index contributed by atoms with van der Waals surface area (Å²) in [6.45, 7) is 4.75. The van der Waals surface area contributed by atoms with E-state index in [1.807, 2.05) is 0 Å². The Kier molecular flexibility index (Phi) is 3.88. The lowest BCUT2D eigenvalue weighted by Gasteiger charge is -2.39. The maximum absolute atomic E-state index is 14.0. The molecule has 25 heavy (non-hydrogen) atoms. The van der Waals surface area contributed by atoms with Gasteiger partial charge in [-0.1, -0.05) is 19.1 Å². The van der Waals surface area contributed by atoms with Gasteiger partial charge in [0.05, 0.1) is 6.20 Å². The van der Waals surface area contributed by atoms with E-state index in [-0.39, 0.29) is 11.2 Å². The molecule has 0 amide bonds. The number of aromatic nitrogens is 4. The van der Waals surface area contributed by atoms with Crippen molar-refractivity contribution in [3.05, 3.63) is 36.3 Å². The second-order valence-electron chi connectivity index (χ2n) is 6.98. The van der Waals surface area contributed by atoms with Gasteiger partial charge in [-0.25, -0.2) is 14.4 Å². The van der Waals surface area contributed by atoms with E-state index < -0.39 is 0 Å². The number of aromatic amines is 1. The van der Waals surface area contributed by atoms with E-state index >= 15 is 0 Å². The molecule has 6 nitrogen and oxygen atoms in total. The predicted molar refractivity (Wildman–Crippen MR) is 95.7 cm³/mol. The number of benzene rings is 1. The lowest BCUT2D eigenvalue weighted by molar-refractivity contribution is 0.258. The number of H-pyrrole nitrogens is 1. The third-order valence-electron chi connectivity index (χ3n) is 5.17. The molecule has 1 aromatic carbocycles. The lowest BCUT2D eigenvalue weighted by Crippen LogP contribution is -2.42. The van der Waals surface area contributed by atoms with Crippen LogP contribution in [0.3, 0.4) is 0 Å². The maximum Gasteiger partial charge on any atom is 0.177 e. The van der Waals surface area contributed by atoms with Gasteiger partial charge < -0.3 is 10.6 Å². The summed E-state index contributed by atoms with van der Waals surface area (Å²) in [6.07, 6.45) is 3.81. The van der Waals surface area contributed by atoms with Crippen LogP contribution in [0.25, 0.3) is 22.4 Å². The van der Waals surface area contributed by atoms with Crippen LogP contribution in [0.2, 0.25) is 0 Å². The average molecular weight is 340 g/mol. The van der Waals surface area contributed by atoms with Crippen LogP contribution in [0.1, 0.15) is 19.8 Å². The molecule has 0 spiro atoms. The molecule has 0 bridgehead atoms. The maximum atomic E-state index is 14.0. The highest BCUT2D eigenvalue weighted by atomic mass is 19.1. The van der Waals surface area contributed by atoms with Crippen LogP contribution in [0, 0.1) is 11.2 Å². The summed E-state index contributed by atoms with van der Waals surface area (Å²) in [6, 6.07) is 6.55. The highest BCUT2D eigenvalue weighted by Crippen LogP contribution is 2.32. The molecule has 3 aromatic rings. The van der Waals surface area contributed by atoms with Gasteiger partial charge in [0, 0.05) is 18.7 Å². The summed E-state index contributed by atoms with van der Waals surface area (Å²) in [4.78, 5) is 11.4. The highest BCUT2D eigenvalue weighted by molar-refractivity contribution is 5.87. The van der Waals surface area contributed by atoms with Crippen molar-refractivity contribution in [2.75, 3.05) is 24.5 Å². The molecular weight excluding hydrogens is 319 g/mol. The molecule has 3 heterocycles. The van der Waals surface area contributed by atoms with E-state index in [2.05, 4.69) is 32.0 Å². The van der Waals surface area contributed by atoms with Gasteiger partial charge in [-0.2, -0.15) is 5.10 Å². The summed E-state index contributed by atoms with van der Waals surface area (Å²) >= 11 is 0. The number of halogens is 1. The fraction of sp³-hybridized carbons (Fsp3) is 0.389. The Morgan fingerprint density at radius 1 is 1.28 bits per heavy atom. The van der Waals surface area contributed by atoms with E-state index in [1.165, 1.54) is 6.07 Å². The Hall–Kier alpha value is -2.54. The third kappa shape index (κ3) is 2.84. The van der Waals surface area contributed by atoms with E-state index in [0.29, 0.717) is 29.0 Å². The van der Waals surface area contributed by atoms with Crippen LogP contribution >= 0.6 is 0 Å². The topological polar surface area (TPSA) is 83.7 Å². The van der Waals surface area contributed by atoms with E-state index in [9.17, 15) is 4.39 Å². The molecule has 130 valence electrons. The van der Waals surface area contributed by atoms with Gasteiger partial charge in [0.25, 0.3) is 0 Å². The Morgan fingerprint density at radius 3 is 2.76 bits per heavy atom. The predicted octanol–water partition coefficient (Wildman–Crippen LogP) is 2.72. The van der Waals surface area contributed by atoms with Gasteiger partial charge in [-0.05, 0) is 36.9 Å². The quantitative estimate of drug-likeness (QED) is 0.766. The molecule has 0 saturated carbocycles. The molecule has 1 aliphatic heterocycles. The Morgan fingerprint density at radius 2 is 2.04 bits per heavy atom. The van der Waals surface area contributed by atoms with Crippen molar-refractivity contribution in [1.29, 1.82) is 0 Å². The molecular formula is C18H21FN6. The minimum Gasteiger partial charge on any atom is -0.355 e. The number of hydrogen-bond acceptors (Lipinski definition) is 5. The van der Waals surface area contributed by atoms with Crippen LogP contribution in [0.5, 0.6) is 0 Å². The van der Waals surface area contributed by atoms with Crippen molar-refractivity contribution in [1.82, 2.24) is 20.2 Å². The summed E-state index contributed by atoms with van der Waals surface area (Å²) in [5.74, 6) is 0.495. The molecule has 2 aromatic heterocycles. The van der Waals surface area contributed by atoms with Crippen molar-refractivity contribution in [3.8, 4) is 11.3 Å². The normalized spacial score (nSPS) is 17.2. The number of nitrogens with zero attached hydrogens (tertiary/aromatic N) is 4. The monoisotopic (exact) mass is 340 g/mol. The molecule has 1 fully saturated rings. The Labute approximate surface area is 145 Å². The first kappa shape index (κ1) is 16.0. The van der Waals surface area contributed by atoms with Crippen molar-refractivity contribution in [2.24, 2.45) is 11.1 Å². The zero-order valence-corrected chi connectivity index (χ0v) is 14.2. The lowest BCUT2D eigenvalue weighted by atomic mass is 9.80. The first-order chi connectivity index (χ1) is 12.1. The fourth-order valence-electron chi connectivity index (χ4n) is 3.27. The van der Waals surface area contributed by atoms with Gasteiger partial charge in [0.15, 0.2) is 5.65 Å². The fourth-order valence-corrected chi connectivity index (χ4v) is 3.27. The SMILES string of the molecule is CC1(CN)CCN(c2cnc3c(-c4ccccc4F)n[nH]c3n2)CC1. The van der Waals surface area contributed by atoms with Crippen LogP contribution in [0.4, 0.5) is 10.2 Å².